The fraction of sp³-hybridized carbons (Fsp3) is 0.235. The third-order valence-corrected chi connectivity index (χ3v) is 3.50. The summed E-state index contributed by atoms with van der Waals surface area (Å²) in [6.07, 6.45) is 0.787. The number of hydrogen-bond acceptors (Lipinski definition) is 3. The summed E-state index contributed by atoms with van der Waals surface area (Å²) in [5, 5.41) is -0.513. The zero-order chi connectivity index (χ0) is 15.2. The van der Waals surface area contributed by atoms with E-state index >= 15 is 0 Å². The molecule has 21 heavy (non-hydrogen) atoms. The molecule has 2 aromatic carbocycles. The summed E-state index contributed by atoms with van der Waals surface area (Å²) >= 11 is 5.49. The first-order chi connectivity index (χ1) is 10.1. The van der Waals surface area contributed by atoms with Crippen molar-refractivity contribution in [1.29, 1.82) is 0 Å². The molecule has 2 aromatic rings. The molecule has 4 heteroatoms. The van der Waals surface area contributed by atoms with Crippen molar-refractivity contribution in [3.05, 3.63) is 59.2 Å². The Hall–Kier alpha value is -2.00. The first kappa shape index (κ1) is 15.4. The maximum atomic E-state index is 11.2. The lowest BCUT2D eigenvalue weighted by Gasteiger charge is -2.12. The molecule has 0 aliphatic rings. The van der Waals surface area contributed by atoms with Crippen LogP contribution in [-0.4, -0.2) is 19.0 Å². The van der Waals surface area contributed by atoms with Gasteiger partial charge in [0.25, 0.3) is 5.24 Å². The second kappa shape index (κ2) is 7.14. The van der Waals surface area contributed by atoms with Gasteiger partial charge in [0, 0.05) is 12.0 Å². The lowest BCUT2D eigenvalue weighted by molar-refractivity contribution is 0.108. The van der Waals surface area contributed by atoms with Gasteiger partial charge in [0.1, 0.15) is 0 Å². The molecule has 110 valence electrons. The topological polar surface area (TPSA) is 35.5 Å². The van der Waals surface area contributed by atoms with Crippen LogP contribution in [-0.2, 0) is 6.42 Å². The van der Waals surface area contributed by atoms with Gasteiger partial charge in [-0.25, -0.2) is 0 Å². The second-order valence-electron chi connectivity index (χ2n) is 4.66. The van der Waals surface area contributed by atoms with Gasteiger partial charge in [0.05, 0.1) is 13.7 Å². The van der Waals surface area contributed by atoms with Gasteiger partial charge < -0.3 is 9.47 Å². The first-order valence-corrected chi connectivity index (χ1v) is 7.05. The summed E-state index contributed by atoms with van der Waals surface area (Å²) in [6, 6.07) is 13.1. The molecule has 2 rings (SSSR count). The number of carbonyl (C=O) groups excluding carboxylic acids is 1. The van der Waals surface area contributed by atoms with E-state index in [0.717, 1.165) is 6.42 Å². The van der Waals surface area contributed by atoms with Crippen LogP contribution in [0.2, 0.25) is 0 Å². The van der Waals surface area contributed by atoms with E-state index in [1.165, 1.54) is 11.1 Å². The van der Waals surface area contributed by atoms with Crippen molar-refractivity contribution < 1.29 is 14.3 Å². The van der Waals surface area contributed by atoms with E-state index in [9.17, 15) is 4.79 Å². The van der Waals surface area contributed by atoms with Crippen LogP contribution in [0.5, 0.6) is 11.5 Å². The minimum atomic E-state index is -0.513. The highest BCUT2D eigenvalue weighted by atomic mass is 35.5. The lowest BCUT2D eigenvalue weighted by atomic mass is 10.1. The van der Waals surface area contributed by atoms with Crippen molar-refractivity contribution in [2.45, 2.75) is 13.3 Å². The lowest BCUT2D eigenvalue weighted by Crippen LogP contribution is -2.04. The maximum Gasteiger partial charge on any atom is 0.252 e. The van der Waals surface area contributed by atoms with Gasteiger partial charge in [-0.2, -0.15) is 0 Å². The molecule has 3 nitrogen and oxygen atoms in total. The summed E-state index contributed by atoms with van der Waals surface area (Å²) in [4.78, 5) is 11.2. The van der Waals surface area contributed by atoms with Crippen molar-refractivity contribution in [3.8, 4) is 11.5 Å². The van der Waals surface area contributed by atoms with Crippen molar-refractivity contribution in [1.82, 2.24) is 0 Å². The number of carbonyl (C=O) groups is 1. The van der Waals surface area contributed by atoms with Crippen LogP contribution < -0.4 is 9.47 Å². The molecule has 0 atom stereocenters. The van der Waals surface area contributed by atoms with Crippen molar-refractivity contribution >= 4 is 16.8 Å². The summed E-state index contributed by atoms with van der Waals surface area (Å²) in [6.45, 7) is 2.57. The minimum absolute atomic E-state index is 0.392. The van der Waals surface area contributed by atoms with E-state index < -0.39 is 5.24 Å². The molecular formula is C17H17ClO3. The summed E-state index contributed by atoms with van der Waals surface area (Å²) in [5.41, 5.74) is 2.86. The first-order valence-electron chi connectivity index (χ1n) is 6.67. The molecule has 0 bridgehead atoms. The zero-order valence-electron chi connectivity index (χ0n) is 12.1. The van der Waals surface area contributed by atoms with E-state index in [1.54, 1.807) is 25.3 Å². The Balaban J connectivity index is 2.07. The highest BCUT2D eigenvalue weighted by Crippen LogP contribution is 2.28. The number of aryl methyl sites for hydroxylation is 1. The molecule has 0 radical (unpaired) electrons. The van der Waals surface area contributed by atoms with Crippen LogP contribution in [0.1, 0.15) is 21.5 Å². The summed E-state index contributed by atoms with van der Waals surface area (Å²) in [5.74, 6) is 1.11. The van der Waals surface area contributed by atoms with Crippen LogP contribution in [0, 0.1) is 6.92 Å². The van der Waals surface area contributed by atoms with Gasteiger partial charge in [0.15, 0.2) is 11.5 Å². The number of benzene rings is 2. The quantitative estimate of drug-likeness (QED) is 0.757. The molecule has 0 unspecified atom stereocenters. The van der Waals surface area contributed by atoms with Crippen LogP contribution >= 0.6 is 11.6 Å². The van der Waals surface area contributed by atoms with Gasteiger partial charge in [0.2, 0.25) is 0 Å². The third kappa shape index (κ3) is 3.99. The van der Waals surface area contributed by atoms with Crippen LogP contribution in [0.15, 0.2) is 42.5 Å². The monoisotopic (exact) mass is 304 g/mol. The molecule has 0 saturated carbocycles. The van der Waals surface area contributed by atoms with Crippen molar-refractivity contribution in [2.75, 3.05) is 13.7 Å². The van der Waals surface area contributed by atoms with Crippen LogP contribution in [0.25, 0.3) is 0 Å². The summed E-state index contributed by atoms with van der Waals surface area (Å²) < 4.78 is 11.0. The highest BCUT2D eigenvalue weighted by Gasteiger charge is 2.09. The molecule has 0 spiro atoms. The van der Waals surface area contributed by atoms with E-state index in [1.807, 2.05) is 12.1 Å². The number of hydrogen-bond donors (Lipinski definition) is 0. The Morgan fingerprint density at radius 3 is 2.57 bits per heavy atom. The second-order valence-corrected chi connectivity index (χ2v) is 5.01. The van der Waals surface area contributed by atoms with Crippen LogP contribution in [0.4, 0.5) is 0 Å². The normalized spacial score (nSPS) is 10.2. The van der Waals surface area contributed by atoms with Gasteiger partial charge >= 0.3 is 0 Å². The van der Waals surface area contributed by atoms with E-state index in [-0.39, 0.29) is 0 Å². The largest absolute Gasteiger partial charge is 0.493 e. The Labute approximate surface area is 129 Å². The van der Waals surface area contributed by atoms with Gasteiger partial charge in [-0.1, -0.05) is 24.3 Å². The predicted molar refractivity (Wildman–Crippen MR) is 83.6 cm³/mol. The van der Waals surface area contributed by atoms with Gasteiger partial charge in [-0.05, 0) is 47.9 Å². The Kier molecular flexibility index (Phi) is 5.23. The molecule has 0 heterocycles. The SMILES string of the molecule is COc1ccc(C(=O)Cl)cc1OCCc1ccccc1C. The number of halogens is 1. The highest BCUT2D eigenvalue weighted by molar-refractivity contribution is 6.67. The molecule has 0 N–H and O–H groups in total. The van der Waals surface area contributed by atoms with E-state index in [2.05, 4.69) is 19.1 Å². The van der Waals surface area contributed by atoms with E-state index in [4.69, 9.17) is 21.1 Å². The zero-order valence-corrected chi connectivity index (χ0v) is 12.8. The Morgan fingerprint density at radius 2 is 1.90 bits per heavy atom. The van der Waals surface area contributed by atoms with E-state index in [0.29, 0.717) is 23.7 Å². The Bertz CT molecular complexity index is 638. The summed E-state index contributed by atoms with van der Waals surface area (Å²) in [7, 11) is 1.56. The molecule has 0 amide bonds. The van der Waals surface area contributed by atoms with Crippen molar-refractivity contribution in [3.63, 3.8) is 0 Å². The van der Waals surface area contributed by atoms with Crippen molar-refractivity contribution in [2.24, 2.45) is 0 Å². The fourth-order valence-corrected chi connectivity index (χ4v) is 2.19. The fourth-order valence-electron chi connectivity index (χ4n) is 2.07. The van der Waals surface area contributed by atoms with Gasteiger partial charge in [-0.3, -0.25) is 4.79 Å². The minimum Gasteiger partial charge on any atom is -0.493 e. The number of methoxy groups -OCH3 is 1. The molecule has 0 aliphatic carbocycles. The number of rotatable bonds is 6. The molecule has 0 aromatic heterocycles. The molecule has 0 fully saturated rings. The average Bonchev–Trinajstić information content (AvgIpc) is 2.49. The molecule has 0 aliphatic heterocycles. The molecular weight excluding hydrogens is 288 g/mol. The van der Waals surface area contributed by atoms with Gasteiger partial charge in [-0.15, -0.1) is 0 Å². The Morgan fingerprint density at radius 1 is 1.14 bits per heavy atom. The number of ether oxygens (including phenoxy) is 2. The molecule has 0 saturated heterocycles. The van der Waals surface area contributed by atoms with Crippen LogP contribution in [0.3, 0.4) is 0 Å². The standard InChI is InChI=1S/C17H17ClO3/c1-12-5-3-4-6-13(12)9-10-21-16-11-14(17(18)19)7-8-15(16)20-2/h3-8,11H,9-10H2,1-2H3. The maximum absolute atomic E-state index is 11.2. The third-order valence-electron chi connectivity index (χ3n) is 3.28. The predicted octanol–water partition coefficient (Wildman–Crippen LogP) is 4.00. The smallest absolute Gasteiger partial charge is 0.252 e. The average molecular weight is 305 g/mol.